The summed E-state index contributed by atoms with van der Waals surface area (Å²) >= 11 is 0. The summed E-state index contributed by atoms with van der Waals surface area (Å²) in [6, 6.07) is 2.36. The fourth-order valence-corrected chi connectivity index (χ4v) is 1.69. The van der Waals surface area contributed by atoms with Gasteiger partial charge >= 0.3 is 0 Å². The molecule has 0 amide bonds. The van der Waals surface area contributed by atoms with E-state index < -0.39 is 0 Å². The molecular formula is C13H25N5. The van der Waals surface area contributed by atoms with Gasteiger partial charge in [-0.15, -0.1) is 0 Å². The van der Waals surface area contributed by atoms with Gasteiger partial charge in [-0.05, 0) is 34.2 Å². The number of rotatable bonds is 7. The van der Waals surface area contributed by atoms with Gasteiger partial charge in [0.1, 0.15) is 18.0 Å². The summed E-state index contributed by atoms with van der Waals surface area (Å²) in [5.74, 6) is 1.71. The Morgan fingerprint density at radius 2 is 1.94 bits per heavy atom. The molecule has 0 saturated heterocycles. The first-order valence-corrected chi connectivity index (χ1v) is 6.48. The van der Waals surface area contributed by atoms with E-state index in [0.717, 1.165) is 24.6 Å². The highest BCUT2D eigenvalue weighted by Gasteiger charge is 2.16. The van der Waals surface area contributed by atoms with E-state index in [2.05, 4.69) is 53.6 Å². The number of aromatic nitrogens is 2. The van der Waals surface area contributed by atoms with E-state index in [4.69, 9.17) is 0 Å². The van der Waals surface area contributed by atoms with Gasteiger partial charge in [-0.25, -0.2) is 9.97 Å². The molecule has 0 spiro atoms. The van der Waals surface area contributed by atoms with Gasteiger partial charge in [0.2, 0.25) is 0 Å². The minimum absolute atomic E-state index is 0.0449. The lowest BCUT2D eigenvalue weighted by Gasteiger charge is -2.26. The van der Waals surface area contributed by atoms with E-state index in [1.165, 1.54) is 0 Å². The average Bonchev–Trinajstić information content (AvgIpc) is 2.28. The molecule has 102 valence electrons. The third kappa shape index (κ3) is 4.87. The van der Waals surface area contributed by atoms with Crippen molar-refractivity contribution in [1.82, 2.24) is 15.3 Å². The lowest BCUT2D eigenvalue weighted by Crippen LogP contribution is -2.40. The molecule has 1 unspecified atom stereocenters. The second-order valence-corrected chi connectivity index (χ2v) is 5.28. The van der Waals surface area contributed by atoms with Crippen LogP contribution in [0.4, 0.5) is 11.6 Å². The van der Waals surface area contributed by atoms with Gasteiger partial charge in [0, 0.05) is 24.2 Å². The molecule has 0 aliphatic rings. The van der Waals surface area contributed by atoms with Crippen molar-refractivity contribution in [2.24, 2.45) is 0 Å². The van der Waals surface area contributed by atoms with Gasteiger partial charge in [-0.1, -0.05) is 6.92 Å². The minimum Gasteiger partial charge on any atom is -0.367 e. The van der Waals surface area contributed by atoms with Gasteiger partial charge in [0.25, 0.3) is 0 Å². The van der Waals surface area contributed by atoms with Crippen LogP contribution >= 0.6 is 0 Å². The zero-order valence-corrected chi connectivity index (χ0v) is 12.0. The van der Waals surface area contributed by atoms with Crippen molar-refractivity contribution in [1.29, 1.82) is 0 Å². The molecule has 3 N–H and O–H groups in total. The molecule has 1 aromatic heterocycles. The zero-order valence-electron chi connectivity index (χ0n) is 12.0. The van der Waals surface area contributed by atoms with Crippen molar-refractivity contribution in [2.75, 3.05) is 24.2 Å². The summed E-state index contributed by atoms with van der Waals surface area (Å²) in [5, 5.41) is 9.90. The van der Waals surface area contributed by atoms with Gasteiger partial charge < -0.3 is 16.0 Å². The third-order valence-corrected chi connectivity index (χ3v) is 2.76. The molecule has 1 atom stereocenters. The molecule has 0 fully saturated rings. The Hall–Kier alpha value is -1.36. The van der Waals surface area contributed by atoms with Crippen molar-refractivity contribution in [3.63, 3.8) is 0 Å². The van der Waals surface area contributed by atoms with Crippen LogP contribution in [-0.4, -0.2) is 35.1 Å². The van der Waals surface area contributed by atoms with E-state index in [1.807, 2.05) is 13.1 Å². The van der Waals surface area contributed by atoms with Crippen LogP contribution in [0.2, 0.25) is 0 Å². The van der Waals surface area contributed by atoms with Crippen molar-refractivity contribution in [3.8, 4) is 0 Å². The molecule has 0 bridgehead atoms. The summed E-state index contributed by atoms with van der Waals surface area (Å²) in [5.41, 5.74) is -0.0449. The number of nitrogens with zero attached hydrogens (tertiary/aromatic N) is 2. The molecule has 0 aliphatic heterocycles. The summed E-state index contributed by atoms with van der Waals surface area (Å²) < 4.78 is 0. The fourth-order valence-electron chi connectivity index (χ4n) is 1.69. The Bertz CT molecular complexity index is 364. The van der Waals surface area contributed by atoms with Gasteiger partial charge in [0.15, 0.2) is 0 Å². The smallest absolute Gasteiger partial charge is 0.131 e. The standard InChI is InChI=1S/C13H25N5/c1-6-10(2)17-11-7-12(16-9-15-11)18-13(3,4)8-14-5/h7,9-10,14H,6,8H2,1-5H3,(H2,15,16,17,18). The number of hydrogen-bond donors (Lipinski definition) is 3. The van der Waals surface area contributed by atoms with Crippen molar-refractivity contribution < 1.29 is 0 Å². The van der Waals surface area contributed by atoms with Crippen molar-refractivity contribution in [2.45, 2.75) is 45.7 Å². The number of likely N-dealkylation sites (N-methyl/N-ethyl adjacent to an activating group) is 1. The minimum atomic E-state index is -0.0449. The molecule has 1 aromatic rings. The maximum Gasteiger partial charge on any atom is 0.131 e. The average molecular weight is 251 g/mol. The Morgan fingerprint density at radius 3 is 2.56 bits per heavy atom. The van der Waals surface area contributed by atoms with Gasteiger partial charge in [-0.3, -0.25) is 0 Å². The summed E-state index contributed by atoms with van der Waals surface area (Å²) in [6.45, 7) is 9.42. The molecule has 5 nitrogen and oxygen atoms in total. The number of hydrogen-bond acceptors (Lipinski definition) is 5. The Kier molecular flexibility index (Phi) is 5.34. The highest BCUT2D eigenvalue weighted by molar-refractivity contribution is 5.48. The lowest BCUT2D eigenvalue weighted by atomic mass is 10.1. The van der Waals surface area contributed by atoms with Crippen LogP contribution in [0.1, 0.15) is 34.1 Å². The van der Waals surface area contributed by atoms with Crippen molar-refractivity contribution in [3.05, 3.63) is 12.4 Å². The summed E-state index contributed by atoms with van der Waals surface area (Å²) in [4.78, 5) is 8.48. The topological polar surface area (TPSA) is 61.9 Å². The molecular weight excluding hydrogens is 226 g/mol. The first kappa shape index (κ1) is 14.7. The Labute approximate surface area is 110 Å². The molecule has 18 heavy (non-hydrogen) atoms. The van der Waals surface area contributed by atoms with E-state index in [9.17, 15) is 0 Å². The summed E-state index contributed by atoms with van der Waals surface area (Å²) in [6.07, 6.45) is 2.65. The second-order valence-electron chi connectivity index (χ2n) is 5.28. The quantitative estimate of drug-likeness (QED) is 0.692. The maximum atomic E-state index is 4.25. The SMILES string of the molecule is CCC(C)Nc1cc(NC(C)(C)CNC)ncn1. The molecule has 1 heterocycles. The highest BCUT2D eigenvalue weighted by atomic mass is 15.1. The third-order valence-electron chi connectivity index (χ3n) is 2.76. The van der Waals surface area contributed by atoms with E-state index in [0.29, 0.717) is 6.04 Å². The van der Waals surface area contributed by atoms with Crippen LogP contribution in [-0.2, 0) is 0 Å². The Morgan fingerprint density at radius 1 is 1.28 bits per heavy atom. The monoisotopic (exact) mass is 251 g/mol. The lowest BCUT2D eigenvalue weighted by molar-refractivity contribution is 0.528. The van der Waals surface area contributed by atoms with Crippen LogP contribution in [0, 0.1) is 0 Å². The van der Waals surface area contributed by atoms with Crippen LogP contribution < -0.4 is 16.0 Å². The van der Waals surface area contributed by atoms with Gasteiger partial charge in [-0.2, -0.15) is 0 Å². The molecule has 1 rings (SSSR count). The van der Waals surface area contributed by atoms with E-state index in [1.54, 1.807) is 6.33 Å². The van der Waals surface area contributed by atoms with E-state index in [-0.39, 0.29) is 5.54 Å². The predicted octanol–water partition coefficient (Wildman–Crippen LogP) is 2.10. The number of anilines is 2. The molecule has 0 aliphatic carbocycles. The summed E-state index contributed by atoms with van der Waals surface area (Å²) in [7, 11) is 1.94. The Balaban J connectivity index is 2.70. The highest BCUT2D eigenvalue weighted by Crippen LogP contribution is 2.15. The first-order chi connectivity index (χ1) is 8.46. The fraction of sp³-hybridized carbons (Fsp3) is 0.692. The second kappa shape index (κ2) is 6.54. The largest absolute Gasteiger partial charge is 0.367 e. The molecule has 0 saturated carbocycles. The molecule has 5 heteroatoms. The first-order valence-electron chi connectivity index (χ1n) is 6.48. The molecule has 0 radical (unpaired) electrons. The van der Waals surface area contributed by atoms with Crippen LogP contribution in [0.5, 0.6) is 0 Å². The normalized spacial score (nSPS) is 13.2. The maximum absolute atomic E-state index is 4.25. The van der Waals surface area contributed by atoms with Crippen LogP contribution in [0.3, 0.4) is 0 Å². The molecule has 0 aromatic carbocycles. The van der Waals surface area contributed by atoms with Crippen molar-refractivity contribution >= 4 is 11.6 Å². The van der Waals surface area contributed by atoms with Crippen LogP contribution in [0.15, 0.2) is 12.4 Å². The zero-order chi connectivity index (χ0) is 13.6. The number of nitrogens with one attached hydrogen (secondary N) is 3. The van der Waals surface area contributed by atoms with Crippen LogP contribution in [0.25, 0.3) is 0 Å². The predicted molar refractivity (Wildman–Crippen MR) is 77.0 cm³/mol. The van der Waals surface area contributed by atoms with Gasteiger partial charge in [0.05, 0.1) is 0 Å². The van der Waals surface area contributed by atoms with E-state index >= 15 is 0 Å².